The molecule has 0 saturated heterocycles. The Balaban J connectivity index is 1.25. The topological polar surface area (TPSA) is 64.0 Å². The number of alkyl halides is 3. The minimum atomic E-state index is -4.25. The van der Waals surface area contributed by atoms with Gasteiger partial charge in [-0.05, 0) is 81.3 Å². The number of fused-ring (bicyclic) bond motifs is 1. The molecule has 1 amide bonds. The van der Waals surface area contributed by atoms with Gasteiger partial charge in [0.15, 0.2) is 0 Å². The monoisotopic (exact) mass is 573 g/mol. The minimum absolute atomic E-state index is 0.0130. The lowest BCUT2D eigenvalue weighted by molar-refractivity contribution is -0.186. The molecule has 5 nitrogen and oxygen atoms in total. The van der Waals surface area contributed by atoms with E-state index in [1.807, 2.05) is 19.3 Å². The predicted molar refractivity (Wildman–Crippen MR) is 156 cm³/mol. The van der Waals surface area contributed by atoms with Crippen LogP contribution in [0.4, 0.5) is 13.2 Å². The number of nitrogens with zero attached hydrogens (tertiary/aromatic N) is 2. The minimum Gasteiger partial charge on any atom is -0.353 e. The largest absolute Gasteiger partial charge is 0.391 e. The zero-order valence-electron chi connectivity index (χ0n) is 24.6. The van der Waals surface area contributed by atoms with Gasteiger partial charge in [-0.1, -0.05) is 51.9 Å². The summed E-state index contributed by atoms with van der Waals surface area (Å²) in [6.45, 7) is 2.15. The molecule has 2 aromatic rings. The molecular formula is C33H46F3N3O2. The SMILES string of the molecule is CC1CCC(NC(=O)C2CCCC(C(F)(F)F)C2)CC1c1cc2cnc(CCCC3CCCCC3)cc2n(C)c1=O. The number of hydrogen-bond donors (Lipinski definition) is 1. The van der Waals surface area contributed by atoms with Crippen LogP contribution in [0.25, 0.3) is 10.9 Å². The third kappa shape index (κ3) is 7.16. The smallest absolute Gasteiger partial charge is 0.353 e. The van der Waals surface area contributed by atoms with Gasteiger partial charge in [0.2, 0.25) is 5.91 Å². The van der Waals surface area contributed by atoms with E-state index in [4.69, 9.17) is 4.98 Å². The molecule has 5 atom stereocenters. The number of aromatic nitrogens is 2. The number of rotatable bonds is 7. The second-order valence-corrected chi connectivity index (χ2v) is 13.3. The molecular weight excluding hydrogens is 527 g/mol. The van der Waals surface area contributed by atoms with E-state index >= 15 is 0 Å². The van der Waals surface area contributed by atoms with Gasteiger partial charge in [-0.25, -0.2) is 0 Å². The Bertz CT molecular complexity index is 1270. The summed E-state index contributed by atoms with van der Waals surface area (Å²) in [5, 5.41) is 4.02. The Hall–Kier alpha value is -2.38. The third-order valence-electron chi connectivity index (χ3n) is 10.4. The first-order valence-electron chi connectivity index (χ1n) is 16.0. The molecule has 3 fully saturated rings. The normalized spacial score (nSPS) is 28.1. The van der Waals surface area contributed by atoms with Crippen molar-refractivity contribution in [3.63, 3.8) is 0 Å². The molecule has 0 spiro atoms. The van der Waals surface area contributed by atoms with Crippen LogP contribution in [0.5, 0.6) is 0 Å². The first-order valence-corrected chi connectivity index (χ1v) is 16.0. The maximum atomic E-state index is 13.6. The Morgan fingerprint density at radius 2 is 1.80 bits per heavy atom. The summed E-state index contributed by atoms with van der Waals surface area (Å²) in [5.41, 5.74) is 2.65. The standard InChI is InChI=1S/C33H46F3N3O2/c1-21-14-15-27(38-31(40)23-11-7-12-25(16-23)33(34,35)36)18-28(21)29-17-24-20-37-26(19-30(24)39(2)32(29)41)13-6-10-22-8-4-3-5-9-22/h17,19-23,25,27-28H,3-16,18H2,1-2H3,(H,38,40). The van der Waals surface area contributed by atoms with Crippen molar-refractivity contribution < 1.29 is 18.0 Å². The number of carbonyl (C=O) groups is 1. The van der Waals surface area contributed by atoms with Crippen molar-refractivity contribution in [2.45, 2.75) is 121 Å². The third-order valence-corrected chi connectivity index (χ3v) is 10.4. The van der Waals surface area contributed by atoms with Crippen molar-refractivity contribution >= 4 is 16.8 Å². The lowest BCUT2D eigenvalue weighted by Gasteiger charge is -2.36. The predicted octanol–water partition coefficient (Wildman–Crippen LogP) is 7.59. The molecule has 2 aromatic heterocycles. The van der Waals surface area contributed by atoms with E-state index in [1.54, 1.807) is 4.57 Å². The molecule has 3 aliphatic carbocycles. The van der Waals surface area contributed by atoms with Gasteiger partial charge in [0, 0.05) is 41.8 Å². The Labute approximate surface area is 241 Å². The van der Waals surface area contributed by atoms with Gasteiger partial charge in [-0.15, -0.1) is 0 Å². The Kier molecular flexibility index (Phi) is 9.44. The number of halogens is 3. The summed E-state index contributed by atoms with van der Waals surface area (Å²) in [4.78, 5) is 31.4. The van der Waals surface area contributed by atoms with Gasteiger partial charge in [0.05, 0.1) is 11.4 Å². The maximum absolute atomic E-state index is 13.6. The second-order valence-electron chi connectivity index (χ2n) is 13.3. The highest BCUT2D eigenvalue weighted by molar-refractivity contribution is 5.80. The van der Waals surface area contributed by atoms with E-state index in [1.165, 1.54) is 38.5 Å². The molecule has 0 aromatic carbocycles. The summed E-state index contributed by atoms with van der Waals surface area (Å²) >= 11 is 0. The number of carbonyl (C=O) groups excluding carboxylic acids is 1. The summed E-state index contributed by atoms with van der Waals surface area (Å²) in [5.74, 6) is -1.15. The highest BCUT2D eigenvalue weighted by atomic mass is 19.4. The molecule has 226 valence electrons. The first kappa shape index (κ1) is 30.1. The fourth-order valence-corrected chi connectivity index (χ4v) is 7.81. The van der Waals surface area contributed by atoms with Crippen molar-refractivity contribution in [1.82, 2.24) is 14.9 Å². The molecule has 0 radical (unpaired) electrons. The van der Waals surface area contributed by atoms with E-state index in [0.29, 0.717) is 19.3 Å². The van der Waals surface area contributed by atoms with Gasteiger partial charge in [-0.2, -0.15) is 13.2 Å². The number of hydrogen-bond acceptors (Lipinski definition) is 3. The molecule has 41 heavy (non-hydrogen) atoms. The number of aryl methyl sites for hydroxylation is 2. The van der Waals surface area contributed by atoms with Gasteiger partial charge in [0.1, 0.15) is 0 Å². The van der Waals surface area contributed by atoms with Crippen molar-refractivity contribution in [1.29, 1.82) is 0 Å². The van der Waals surface area contributed by atoms with Gasteiger partial charge in [-0.3, -0.25) is 14.6 Å². The van der Waals surface area contributed by atoms with Crippen molar-refractivity contribution in [3.05, 3.63) is 39.9 Å². The summed E-state index contributed by atoms with van der Waals surface area (Å²) < 4.78 is 41.6. The fraction of sp³-hybridized carbons (Fsp3) is 0.727. The van der Waals surface area contributed by atoms with Crippen molar-refractivity contribution in [3.8, 4) is 0 Å². The zero-order chi connectivity index (χ0) is 29.1. The van der Waals surface area contributed by atoms with Crippen LogP contribution in [0.15, 0.2) is 23.1 Å². The van der Waals surface area contributed by atoms with Crippen LogP contribution in [0.3, 0.4) is 0 Å². The molecule has 0 aliphatic heterocycles. The van der Waals surface area contributed by atoms with E-state index in [-0.39, 0.29) is 42.2 Å². The molecule has 3 aliphatic rings. The maximum Gasteiger partial charge on any atom is 0.391 e. The first-order chi connectivity index (χ1) is 19.6. The number of nitrogens with one attached hydrogen (secondary N) is 1. The van der Waals surface area contributed by atoms with E-state index in [0.717, 1.165) is 53.8 Å². The fourth-order valence-electron chi connectivity index (χ4n) is 7.81. The molecule has 2 heterocycles. The number of pyridine rings is 2. The van der Waals surface area contributed by atoms with Crippen molar-refractivity contribution in [2.24, 2.45) is 30.7 Å². The molecule has 0 bridgehead atoms. The van der Waals surface area contributed by atoms with Crippen LogP contribution in [0.2, 0.25) is 0 Å². The molecule has 5 rings (SSSR count). The van der Waals surface area contributed by atoms with Crippen LogP contribution >= 0.6 is 0 Å². The van der Waals surface area contributed by atoms with Gasteiger partial charge in [0.25, 0.3) is 5.56 Å². The highest BCUT2D eigenvalue weighted by Gasteiger charge is 2.44. The summed E-state index contributed by atoms with van der Waals surface area (Å²) in [7, 11) is 1.83. The van der Waals surface area contributed by atoms with Gasteiger partial charge < -0.3 is 9.88 Å². The van der Waals surface area contributed by atoms with Crippen LogP contribution in [-0.2, 0) is 18.3 Å². The Morgan fingerprint density at radius 1 is 1.02 bits per heavy atom. The highest BCUT2D eigenvalue weighted by Crippen LogP contribution is 2.41. The second kappa shape index (κ2) is 12.9. The lowest BCUT2D eigenvalue weighted by atomic mass is 9.74. The average molecular weight is 574 g/mol. The lowest BCUT2D eigenvalue weighted by Crippen LogP contribution is -2.45. The summed E-state index contributed by atoms with van der Waals surface area (Å²) in [6.07, 6.45) is 10.9. The zero-order valence-corrected chi connectivity index (χ0v) is 24.6. The molecule has 1 N–H and O–H groups in total. The Morgan fingerprint density at radius 3 is 2.56 bits per heavy atom. The molecule has 8 heteroatoms. The van der Waals surface area contributed by atoms with Crippen LogP contribution in [0.1, 0.15) is 114 Å². The van der Waals surface area contributed by atoms with Crippen LogP contribution < -0.4 is 10.9 Å². The average Bonchev–Trinajstić information content (AvgIpc) is 2.96. The number of amides is 1. The van der Waals surface area contributed by atoms with E-state index in [2.05, 4.69) is 18.3 Å². The van der Waals surface area contributed by atoms with Crippen LogP contribution in [0, 0.1) is 23.7 Å². The molecule has 5 unspecified atom stereocenters. The van der Waals surface area contributed by atoms with E-state index in [9.17, 15) is 22.8 Å². The summed E-state index contributed by atoms with van der Waals surface area (Å²) in [6, 6.07) is 3.91. The van der Waals surface area contributed by atoms with E-state index < -0.39 is 18.0 Å². The van der Waals surface area contributed by atoms with Crippen molar-refractivity contribution in [2.75, 3.05) is 0 Å². The molecule has 3 saturated carbocycles. The quantitative estimate of drug-likeness (QED) is 0.371. The van der Waals surface area contributed by atoms with Gasteiger partial charge >= 0.3 is 6.18 Å². The van der Waals surface area contributed by atoms with Crippen LogP contribution in [-0.4, -0.2) is 27.7 Å².